The van der Waals surface area contributed by atoms with Crippen LogP contribution in [0.5, 0.6) is 0 Å². The minimum absolute atomic E-state index is 0.00640. The second kappa shape index (κ2) is 3.68. The Hall–Kier alpha value is -0.200. The normalized spacial score (nSPS) is 11.7. The van der Waals surface area contributed by atoms with E-state index in [1.165, 1.54) is 5.56 Å². The fourth-order valence-corrected chi connectivity index (χ4v) is 1.33. The minimum atomic E-state index is 0.00640. The Morgan fingerprint density at radius 2 is 2.00 bits per heavy atom. The molecule has 0 unspecified atom stereocenters. The topological polar surface area (TPSA) is 0 Å². The second-order valence-corrected chi connectivity index (χ2v) is 4.23. The standard InChI is InChI=1S/C10H12Cl2/c1-10(2,7-11)8-4-3-5-9(12)6-8/h3-6H,7H2,1-2H3. The van der Waals surface area contributed by atoms with Crippen LogP contribution in [0.4, 0.5) is 0 Å². The fraction of sp³-hybridized carbons (Fsp3) is 0.400. The van der Waals surface area contributed by atoms with Crippen LogP contribution in [0.25, 0.3) is 0 Å². The van der Waals surface area contributed by atoms with Crippen molar-refractivity contribution in [3.05, 3.63) is 34.9 Å². The van der Waals surface area contributed by atoms with Gasteiger partial charge in [-0.15, -0.1) is 11.6 Å². The highest BCUT2D eigenvalue weighted by molar-refractivity contribution is 6.30. The molecular formula is C10H12Cl2. The zero-order chi connectivity index (χ0) is 9.19. The Morgan fingerprint density at radius 1 is 1.33 bits per heavy atom. The monoisotopic (exact) mass is 202 g/mol. The molecule has 0 amide bonds. The van der Waals surface area contributed by atoms with E-state index >= 15 is 0 Å². The summed E-state index contributed by atoms with van der Waals surface area (Å²) in [7, 11) is 0. The Bertz CT molecular complexity index is 266. The highest BCUT2D eigenvalue weighted by Gasteiger charge is 2.18. The molecule has 0 radical (unpaired) electrons. The molecule has 1 aromatic rings. The van der Waals surface area contributed by atoms with Crippen LogP contribution >= 0.6 is 23.2 Å². The summed E-state index contributed by atoms with van der Waals surface area (Å²) in [5, 5.41) is 0.769. The molecule has 1 rings (SSSR count). The summed E-state index contributed by atoms with van der Waals surface area (Å²) in [5.41, 5.74) is 1.19. The van der Waals surface area contributed by atoms with Crippen LogP contribution < -0.4 is 0 Å². The van der Waals surface area contributed by atoms with E-state index in [0.29, 0.717) is 5.88 Å². The van der Waals surface area contributed by atoms with Crippen molar-refractivity contribution in [3.8, 4) is 0 Å². The minimum Gasteiger partial charge on any atom is -0.126 e. The predicted molar refractivity (Wildman–Crippen MR) is 55.2 cm³/mol. The maximum absolute atomic E-state index is 5.86. The number of halogens is 2. The molecule has 1 aromatic carbocycles. The van der Waals surface area contributed by atoms with Crippen LogP contribution in [0.15, 0.2) is 24.3 Å². The largest absolute Gasteiger partial charge is 0.126 e. The molecule has 0 heterocycles. The van der Waals surface area contributed by atoms with Gasteiger partial charge < -0.3 is 0 Å². The molecule has 12 heavy (non-hydrogen) atoms. The molecule has 0 aromatic heterocycles. The van der Waals surface area contributed by atoms with Crippen molar-refractivity contribution in [1.29, 1.82) is 0 Å². The number of alkyl halides is 1. The summed E-state index contributed by atoms with van der Waals surface area (Å²) >= 11 is 11.7. The fourth-order valence-electron chi connectivity index (χ4n) is 0.987. The summed E-state index contributed by atoms with van der Waals surface area (Å²) in [6, 6.07) is 7.83. The van der Waals surface area contributed by atoms with Gasteiger partial charge in [-0.05, 0) is 17.7 Å². The molecule has 0 spiro atoms. The Morgan fingerprint density at radius 3 is 2.50 bits per heavy atom. The van der Waals surface area contributed by atoms with Gasteiger partial charge in [-0.1, -0.05) is 37.6 Å². The average Bonchev–Trinajstić information content (AvgIpc) is 2.05. The zero-order valence-corrected chi connectivity index (χ0v) is 8.78. The third-order valence-electron chi connectivity index (χ3n) is 1.94. The van der Waals surface area contributed by atoms with Gasteiger partial charge in [0.05, 0.1) is 0 Å². The molecule has 0 aliphatic rings. The maximum Gasteiger partial charge on any atom is 0.0408 e. The maximum atomic E-state index is 5.86. The van der Waals surface area contributed by atoms with Gasteiger partial charge in [0.2, 0.25) is 0 Å². The van der Waals surface area contributed by atoms with E-state index in [2.05, 4.69) is 13.8 Å². The highest BCUT2D eigenvalue weighted by Crippen LogP contribution is 2.26. The Balaban J connectivity index is 3.03. The third-order valence-corrected chi connectivity index (χ3v) is 2.84. The van der Waals surface area contributed by atoms with Crippen LogP contribution in [-0.2, 0) is 5.41 Å². The van der Waals surface area contributed by atoms with Crippen LogP contribution in [0.1, 0.15) is 19.4 Å². The summed E-state index contributed by atoms with van der Waals surface area (Å²) < 4.78 is 0. The first-order valence-electron chi connectivity index (χ1n) is 3.88. The molecular weight excluding hydrogens is 191 g/mol. The molecule has 0 bridgehead atoms. The average molecular weight is 203 g/mol. The van der Waals surface area contributed by atoms with Gasteiger partial charge in [-0.2, -0.15) is 0 Å². The Labute approximate surface area is 83.5 Å². The molecule has 0 saturated heterocycles. The summed E-state index contributed by atoms with van der Waals surface area (Å²) in [6.07, 6.45) is 0. The van der Waals surface area contributed by atoms with E-state index in [1.807, 2.05) is 24.3 Å². The van der Waals surface area contributed by atoms with Crippen molar-refractivity contribution < 1.29 is 0 Å². The molecule has 66 valence electrons. The zero-order valence-electron chi connectivity index (χ0n) is 7.27. The quantitative estimate of drug-likeness (QED) is 0.640. The van der Waals surface area contributed by atoms with Crippen LogP contribution in [-0.4, -0.2) is 5.88 Å². The van der Waals surface area contributed by atoms with Crippen molar-refractivity contribution in [1.82, 2.24) is 0 Å². The van der Waals surface area contributed by atoms with Crippen molar-refractivity contribution >= 4 is 23.2 Å². The SMILES string of the molecule is CC(C)(CCl)c1cccc(Cl)c1. The number of hydrogen-bond acceptors (Lipinski definition) is 0. The lowest BCUT2D eigenvalue weighted by molar-refractivity contribution is 0.598. The lowest BCUT2D eigenvalue weighted by atomic mass is 9.87. The smallest absolute Gasteiger partial charge is 0.0408 e. The van der Waals surface area contributed by atoms with Crippen LogP contribution in [0.3, 0.4) is 0 Å². The van der Waals surface area contributed by atoms with E-state index in [-0.39, 0.29) is 5.41 Å². The van der Waals surface area contributed by atoms with Gasteiger partial charge in [-0.25, -0.2) is 0 Å². The predicted octanol–water partition coefficient (Wildman–Crippen LogP) is 3.86. The highest BCUT2D eigenvalue weighted by atomic mass is 35.5. The number of hydrogen-bond donors (Lipinski definition) is 0. The van der Waals surface area contributed by atoms with Gasteiger partial charge in [0, 0.05) is 16.3 Å². The van der Waals surface area contributed by atoms with E-state index in [1.54, 1.807) is 0 Å². The number of rotatable bonds is 2. The lowest BCUT2D eigenvalue weighted by Gasteiger charge is -2.21. The van der Waals surface area contributed by atoms with Crippen LogP contribution in [0.2, 0.25) is 5.02 Å². The van der Waals surface area contributed by atoms with E-state index < -0.39 is 0 Å². The van der Waals surface area contributed by atoms with Gasteiger partial charge >= 0.3 is 0 Å². The van der Waals surface area contributed by atoms with Crippen molar-refractivity contribution in [2.24, 2.45) is 0 Å². The molecule has 2 heteroatoms. The van der Waals surface area contributed by atoms with Crippen LogP contribution in [0, 0.1) is 0 Å². The molecule has 0 nitrogen and oxygen atoms in total. The first kappa shape index (κ1) is 9.88. The number of benzene rings is 1. The van der Waals surface area contributed by atoms with Crippen molar-refractivity contribution in [3.63, 3.8) is 0 Å². The van der Waals surface area contributed by atoms with Crippen molar-refractivity contribution in [2.75, 3.05) is 5.88 Å². The van der Waals surface area contributed by atoms with E-state index in [4.69, 9.17) is 23.2 Å². The Kier molecular flexibility index (Phi) is 3.03. The second-order valence-electron chi connectivity index (χ2n) is 3.53. The summed E-state index contributed by atoms with van der Waals surface area (Å²) in [5.74, 6) is 0.605. The van der Waals surface area contributed by atoms with Gasteiger partial charge in [-0.3, -0.25) is 0 Å². The molecule has 0 N–H and O–H groups in total. The van der Waals surface area contributed by atoms with Gasteiger partial charge in [0.15, 0.2) is 0 Å². The van der Waals surface area contributed by atoms with Gasteiger partial charge in [0.25, 0.3) is 0 Å². The molecule has 0 aliphatic heterocycles. The van der Waals surface area contributed by atoms with Crippen molar-refractivity contribution in [2.45, 2.75) is 19.3 Å². The molecule has 0 fully saturated rings. The van der Waals surface area contributed by atoms with E-state index in [0.717, 1.165) is 5.02 Å². The summed E-state index contributed by atoms with van der Waals surface area (Å²) in [6.45, 7) is 4.21. The first-order valence-corrected chi connectivity index (χ1v) is 4.79. The molecule has 0 aliphatic carbocycles. The van der Waals surface area contributed by atoms with Gasteiger partial charge in [0.1, 0.15) is 0 Å². The first-order chi connectivity index (χ1) is 5.56. The van der Waals surface area contributed by atoms with E-state index in [9.17, 15) is 0 Å². The summed E-state index contributed by atoms with van der Waals surface area (Å²) in [4.78, 5) is 0. The third kappa shape index (κ3) is 2.15. The molecule has 0 atom stereocenters. The molecule has 0 saturated carbocycles. The lowest BCUT2D eigenvalue weighted by Crippen LogP contribution is -2.18.